The van der Waals surface area contributed by atoms with E-state index in [1.807, 2.05) is 12.1 Å². The van der Waals surface area contributed by atoms with Gasteiger partial charge in [-0.1, -0.05) is 35.9 Å². The molecule has 26 heavy (non-hydrogen) atoms. The topological polar surface area (TPSA) is 50.2 Å². The number of pyridine rings is 1. The highest BCUT2D eigenvalue weighted by molar-refractivity contribution is 6.32. The van der Waals surface area contributed by atoms with Crippen LogP contribution in [0.25, 0.3) is 22.6 Å². The van der Waals surface area contributed by atoms with Crippen molar-refractivity contribution in [3.63, 3.8) is 0 Å². The van der Waals surface area contributed by atoms with Crippen molar-refractivity contribution in [2.45, 2.75) is 19.3 Å². The molecule has 0 spiro atoms. The molecule has 1 N–H and O–H groups in total. The van der Waals surface area contributed by atoms with E-state index in [4.69, 9.17) is 16.6 Å². The van der Waals surface area contributed by atoms with Gasteiger partial charge in [-0.05, 0) is 54.7 Å². The molecule has 0 atom stereocenters. The number of aromatic nitrogens is 1. The molecule has 0 unspecified atom stereocenters. The number of hydrogen-bond donors (Lipinski definition) is 1. The van der Waals surface area contributed by atoms with Crippen molar-refractivity contribution in [1.29, 1.82) is 0 Å². The number of halogens is 2. The lowest BCUT2D eigenvalue weighted by Gasteiger charge is -2.21. The van der Waals surface area contributed by atoms with Crippen molar-refractivity contribution < 1.29 is 14.3 Å². The number of hydrogen-bond acceptors (Lipinski definition) is 2. The number of aromatic carboxylic acids is 1. The van der Waals surface area contributed by atoms with Crippen molar-refractivity contribution in [2.75, 3.05) is 0 Å². The molecule has 1 heterocycles. The SMILES string of the molecule is O=C(O)c1c2c(nc3ccccc13)C(=Cc1c(F)cccc1Cl)CCC2. The van der Waals surface area contributed by atoms with E-state index in [1.54, 1.807) is 30.3 Å². The second kappa shape index (κ2) is 6.54. The van der Waals surface area contributed by atoms with Gasteiger partial charge in [0.2, 0.25) is 0 Å². The second-order valence-corrected chi connectivity index (χ2v) is 6.70. The van der Waals surface area contributed by atoms with Gasteiger partial charge in [-0.25, -0.2) is 14.2 Å². The first kappa shape index (κ1) is 16.7. The Labute approximate surface area is 154 Å². The van der Waals surface area contributed by atoms with Gasteiger partial charge in [0.25, 0.3) is 0 Å². The Kier molecular flexibility index (Phi) is 4.21. The van der Waals surface area contributed by atoms with Crippen LogP contribution in [0, 0.1) is 5.82 Å². The molecule has 3 nitrogen and oxygen atoms in total. The predicted molar refractivity (Wildman–Crippen MR) is 101 cm³/mol. The van der Waals surface area contributed by atoms with Crippen LogP contribution >= 0.6 is 11.6 Å². The lowest BCUT2D eigenvalue weighted by atomic mass is 9.86. The van der Waals surface area contributed by atoms with Crippen LogP contribution in [0.5, 0.6) is 0 Å². The maximum atomic E-state index is 14.2. The third kappa shape index (κ3) is 2.76. The van der Waals surface area contributed by atoms with Gasteiger partial charge in [-0.2, -0.15) is 0 Å². The number of nitrogens with zero attached hydrogens (tertiary/aromatic N) is 1. The van der Waals surface area contributed by atoms with E-state index in [0.717, 1.165) is 12.0 Å². The molecule has 130 valence electrons. The minimum absolute atomic E-state index is 0.288. The van der Waals surface area contributed by atoms with Crippen molar-refractivity contribution in [3.8, 4) is 0 Å². The average Bonchev–Trinajstić information content (AvgIpc) is 2.62. The van der Waals surface area contributed by atoms with Crippen molar-refractivity contribution in [2.24, 2.45) is 0 Å². The maximum absolute atomic E-state index is 14.2. The molecule has 1 aromatic heterocycles. The molecule has 1 aliphatic carbocycles. The normalized spacial score (nSPS) is 15.2. The van der Waals surface area contributed by atoms with Crippen LogP contribution in [0.15, 0.2) is 42.5 Å². The van der Waals surface area contributed by atoms with Gasteiger partial charge in [0, 0.05) is 10.9 Å². The zero-order valence-electron chi connectivity index (χ0n) is 13.8. The molecule has 2 aromatic carbocycles. The molecule has 0 radical (unpaired) electrons. The molecular formula is C21H15ClFNO2. The average molecular weight is 368 g/mol. The first-order valence-corrected chi connectivity index (χ1v) is 8.74. The monoisotopic (exact) mass is 367 g/mol. The minimum Gasteiger partial charge on any atom is -0.478 e. The number of fused-ring (bicyclic) bond motifs is 2. The summed E-state index contributed by atoms with van der Waals surface area (Å²) >= 11 is 6.15. The second-order valence-electron chi connectivity index (χ2n) is 6.29. The predicted octanol–water partition coefficient (Wildman–Crippen LogP) is 5.60. The van der Waals surface area contributed by atoms with Gasteiger partial charge in [0.15, 0.2) is 0 Å². The molecule has 0 amide bonds. The number of rotatable bonds is 2. The van der Waals surface area contributed by atoms with Crippen molar-refractivity contribution >= 4 is 40.1 Å². The quantitative estimate of drug-likeness (QED) is 0.641. The zero-order valence-corrected chi connectivity index (χ0v) is 14.6. The van der Waals surface area contributed by atoms with E-state index in [1.165, 1.54) is 6.07 Å². The Morgan fingerprint density at radius 2 is 1.96 bits per heavy atom. The highest BCUT2D eigenvalue weighted by Crippen LogP contribution is 2.37. The molecular weight excluding hydrogens is 353 g/mol. The molecule has 1 aliphatic rings. The van der Waals surface area contributed by atoms with Crippen LogP contribution in [0.2, 0.25) is 5.02 Å². The largest absolute Gasteiger partial charge is 0.478 e. The van der Waals surface area contributed by atoms with E-state index in [0.29, 0.717) is 45.6 Å². The summed E-state index contributed by atoms with van der Waals surface area (Å²) in [5.41, 5.74) is 3.37. The van der Waals surface area contributed by atoms with Crippen molar-refractivity contribution in [3.05, 3.63) is 75.7 Å². The highest BCUT2D eigenvalue weighted by atomic mass is 35.5. The fourth-order valence-corrected chi connectivity index (χ4v) is 3.76. The summed E-state index contributed by atoms with van der Waals surface area (Å²) in [5, 5.41) is 10.7. The fraction of sp³-hybridized carbons (Fsp3) is 0.143. The number of carboxylic acids is 1. The van der Waals surface area contributed by atoms with Crippen LogP contribution < -0.4 is 0 Å². The van der Waals surface area contributed by atoms with Crippen LogP contribution in [0.1, 0.15) is 40.0 Å². The molecule has 0 aliphatic heterocycles. The first-order valence-electron chi connectivity index (χ1n) is 8.36. The highest BCUT2D eigenvalue weighted by Gasteiger charge is 2.25. The summed E-state index contributed by atoms with van der Waals surface area (Å²) in [6, 6.07) is 11.8. The number of allylic oxidation sites excluding steroid dienone is 1. The van der Waals surface area contributed by atoms with Crippen molar-refractivity contribution in [1.82, 2.24) is 4.98 Å². The molecule has 0 fully saturated rings. The summed E-state index contributed by atoms with van der Waals surface area (Å²) in [6.45, 7) is 0. The molecule has 0 saturated carbocycles. The lowest BCUT2D eigenvalue weighted by Crippen LogP contribution is -2.13. The Morgan fingerprint density at radius 1 is 1.15 bits per heavy atom. The van der Waals surface area contributed by atoms with Gasteiger partial charge in [0.05, 0.1) is 21.8 Å². The Balaban J connectivity index is 2.00. The minimum atomic E-state index is -0.968. The molecule has 0 saturated heterocycles. The number of benzene rings is 2. The third-order valence-electron chi connectivity index (χ3n) is 4.70. The van der Waals surface area contributed by atoms with E-state index >= 15 is 0 Å². The van der Waals surface area contributed by atoms with Gasteiger partial charge >= 0.3 is 5.97 Å². The summed E-state index contributed by atoms with van der Waals surface area (Å²) in [6.07, 6.45) is 3.81. The molecule has 3 aromatic rings. The summed E-state index contributed by atoms with van der Waals surface area (Å²) < 4.78 is 14.2. The first-order chi connectivity index (χ1) is 12.6. The van der Waals surface area contributed by atoms with Gasteiger partial charge in [-0.15, -0.1) is 0 Å². The lowest BCUT2D eigenvalue weighted by molar-refractivity contribution is 0.0697. The van der Waals surface area contributed by atoms with Gasteiger partial charge < -0.3 is 5.11 Å². The van der Waals surface area contributed by atoms with E-state index < -0.39 is 11.8 Å². The van der Waals surface area contributed by atoms with E-state index in [-0.39, 0.29) is 5.56 Å². The molecule has 5 heteroatoms. The fourth-order valence-electron chi connectivity index (χ4n) is 3.54. The van der Waals surface area contributed by atoms with E-state index in [2.05, 4.69) is 0 Å². The Hall–Kier alpha value is -2.72. The van der Waals surface area contributed by atoms with Gasteiger partial charge in [-0.3, -0.25) is 0 Å². The van der Waals surface area contributed by atoms with Gasteiger partial charge in [0.1, 0.15) is 5.82 Å². The standard InChI is InChI=1S/C21H15ClFNO2/c22-16-8-4-9-17(23)15(16)11-12-5-3-7-14-19(21(25)26)13-6-1-2-10-18(13)24-20(12)14/h1-2,4,6,8-11H,3,5,7H2,(H,25,26). The summed E-state index contributed by atoms with van der Waals surface area (Å²) in [5.74, 6) is -1.37. The molecule has 0 bridgehead atoms. The third-order valence-corrected chi connectivity index (χ3v) is 5.03. The van der Waals surface area contributed by atoms with E-state index in [9.17, 15) is 14.3 Å². The number of carboxylic acid groups (broad SMARTS) is 1. The zero-order chi connectivity index (χ0) is 18.3. The Morgan fingerprint density at radius 3 is 2.73 bits per heavy atom. The van der Waals surface area contributed by atoms with Crippen LogP contribution in [-0.4, -0.2) is 16.1 Å². The smallest absolute Gasteiger partial charge is 0.336 e. The maximum Gasteiger partial charge on any atom is 0.336 e. The van der Waals surface area contributed by atoms with Crippen LogP contribution in [-0.2, 0) is 6.42 Å². The van der Waals surface area contributed by atoms with Crippen LogP contribution in [0.3, 0.4) is 0 Å². The number of para-hydroxylation sites is 1. The number of carbonyl (C=O) groups is 1. The Bertz CT molecular complexity index is 1050. The summed E-state index contributed by atoms with van der Waals surface area (Å²) in [4.78, 5) is 16.6. The molecule has 4 rings (SSSR count). The summed E-state index contributed by atoms with van der Waals surface area (Å²) in [7, 11) is 0. The van der Waals surface area contributed by atoms with Crippen LogP contribution in [0.4, 0.5) is 4.39 Å².